The Morgan fingerprint density at radius 3 is 2.47 bits per heavy atom. The van der Waals surface area contributed by atoms with Gasteiger partial charge in [0.15, 0.2) is 6.61 Å². The van der Waals surface area contributed by atoms with Crippen LogP contribution in [0.25, 0.3) is 0 Å². The number of nitrogens with one attached hydrogen (secondary N) is 1. The number of carboxylic acids is 1. The van der Waals surface area contributed by atoms with Crippen LogP contribution >= 0.6 is 11.6 Å². The van der Waals surface area contributed by atoms with Crippen LogP contribution in [0.2, 0.25) is 5.02 Å². The number of aliphatic hydroxyl groups excluding tert-OH is 1. The van der Waals surface area contributed by atoms with E-state index >= 15 is 0 Å². The first-order chi connectivity index (χ1) is 16.1. The van der Waals surface area contributed by atoms with Gasteiger partial charge in [0, 0.05) is 35.4 Å². The number of aliphatic hydroxyl groups is 1. The number of halogens is 1. The van der Waals surface area contributed by atoms with Gasteiger partial charge >= 0.3 is 5.97 Å². The van der Waals surface area contributed by atoms with E-state index in [1.165, 1.54) is 0 Å². The largest absolute Gasteiger partial charge is 0.482 e. The maximum atomic E-state index is 12.4. The summed E-state index contributed by atoms with van der Waals surface area (Å²) in [6.45, 7) is 5.42. The number of amides is 1. The molecule has 1 aliphatic rings. The molecule has 0 radical (unpaired) electrons. The molecule has 1 heterocycles. The smallest absolute Gasteiger partial charge is 0.341 e. The lowest BCUT2D eigenvalue weighted by Crippen LogP contribution is -2.51. The minimum atomic E-state index is -1.07. The van der Waals surface area contributed by atoms with Crippen molar-refractivity contribution in [3.05, 3.63) is 64.2 Å². The van der Waals surface area contributed by atoms with Gasteiger partial charge in [-0.15, -0.1) is 0 Å². The maximum absolute atomic E-state index is 12.4. The molecule has 8 heteroatoms. The molecular weight excluding hydrogens is 458 g/mol. The molecule has 0 saturated carbocycles. The molecular formula is C26H32ClNO6. The highest BCUT2D eigenvalue weighted by Crippen LogP contribution is 2.46. The molecule has 2 aromatic carbocycles. The van der Waals surface area contributed by atoms with Gasteiger partial charge in [0.05, 0.1) is 18.8 Å². The fraction of sp³-hybridized carbons (Fsp3) is 0.462. The molecule has 7 nitrogen and oxygen atoms in total. The first-order valence-corrected chi connectivity index (χ1v) is 11.8. The Hall–Kier alpha value is -2.61. The SMILES string of the molecule is CC(C)c1ccc(OCC(=O)O)c([C@H]2C[C@](C)(NC(=O)CCO)C[C@@H](c3ccc(Cl)cc3)O2)c1. The lowest BCUT2D eigenvalue weighted by Gasteiger charge is -2.43. The third-order valence-corrected chi connectivity index (χ3v) is 6.27. The zero-order valence-corrected chi connectivity index (χ0v) is 20.5. The van der Waals surface area contributed by atoms with Crippen molar-refractivity contribution in [1.29, 1.82) is 0 Å². The average molecular weight is 490 g/mol. The predicted octanol–water partition coefficient (Wildman–Crippen LogP) is 4.78. The molecule has 3 rings (SSSR count). The van der Waals surface area contributed by atoms with Crippen molar-refractivity contribution in [1.82, 2.24) is 5.32 Å². The number of carbonyl (C=O) groups excluding carboxylic acids is 1. The summed E-state index contributed by atoms with van der Waals surface area (Å²) in [4.78, 5) is 23.6. The highest BCUT2D eigenvalue weighted by Gasteiger charge is 2.41. The second kappa shape index (κ2) is 11.2. The molecule has 34 heavy (non-hydrogen) atoms. The van der Waals surface area contributed by atoms with Gasteiger partial charge in [-0.05, 0) is 48.2 Å². The zero-order valence-electron chi connectivity index (χ0n) is 19.7. The quantitative estimate of drug-likeness (QED) is 0.468. The van der Waals surface area contributed by atoms with Gasteiger partial charge in [0.2, 0.25) is 5.91 Å². The van der Waals surface area contributed by atoms with Gasteiger partial charge in [-0.25, -0.2) is 4.79 Å². The summed E-state index contributed by atoms with van der Waals surface area (Å²) in [6.07, 6.45) is 0.195. The van der Waals surface area contributed by atoms with Crippen LogP contribution in [0.5, 0.6) is 5.75 Å². The number of aliphatic carboxylic acids is 1. The first-order valence-electron chi connectivity index (χ1n) is 11.4. The highest BCUT2D eigenvalue weighted by molar-refractivity contribution is 6.30. The molecule has 0 aromatic heterocycles. The van der Waals surface area contributed by atoms with E-state index < -0.39 is 24.2 Å². The number of ether oxygens (including phenoxy) is 2. The highest BCUT2D eigenvalue weighted by atomic mass is 35.5. The molecule has 3 atom stereocenters. The molecule has 3 N–H and O–H groups in total. The topological polar surface area (TPSA) is 105 Å². The molecule has 1 fully saturated rings. The molecule has 1 amide bonds. The van der Waals surface area contributed by atoms with Crippen LogP contribution in [-0.4, -0.2) is 40.8 Å². The van der Waals surface area contributed by atoms with Crippen LogP contribution in [0, 0.1) is 0 Å². The Kier molecular flexibility index (Phi) is 8.57. The average Bonchev–Trinajstić information content (AvgIpc) is 2.77. The van der Waals surface area contributed by atoms with Crippen molar-refractivity contribution < 1.29 is 29.3 Å². The minimum Gasteiger partial charge on any atom is -0.482 e. The van der Waals surface area contributed by atoms with Crippen LogP contribution in [0.1, 0.15) is 74.8 Å². The van der Waals surface area contributed by atoms with Crippen LogP contribution in [-0.2, 0) is 14.3 Å². The molecule has 0 unspecified atom stereocenters. The monoisotopic (exact) mass is 489 g/mol. The van der Waals surface area contributed by atoms with Gasteiger partial charge in [-0.1, -0.05) is 43.6 Å². The van der Waals surface area contributed by atoms with E-state index in [9.17, 15) is 14.7 Å². The molecule has 1 aliphatic heterocycles. The number of carbonyl (C=O) groups is 2. The summed E-state index contributed by atoms with van der Waals surface area (Å²) in [7, 11) is 0. The van der Waals surface area contributed by atoms with E-state index in [4.69, 9.17) is 26.2 Å². The Labute approximate surface area is 205 Å². The molecule has 0 spiro atoms. The summed E-state index contributed by atoms with van der Waals surface area (Å²) in [6, 6.07) is 13.1. The van der Waals surface area contributed by atoms with Crippen molar-refractivity contribution in [2.75, 3.05) is 13.2 Å². The van der Waals surface area contributed by atoms with E-state index in [1.807, 2.05) is 31.2 Å². The van der Waals surface area contributed by atoms with Crippen molar-refractivity contribution in [2.24, 2.45) is 0 Å². The van der Waals surface area contributed by atoms with E-state index in [0.717, 1.165) is 16.7 Å². The Balaban J connectivity index is 2.01. The fourth-order valence-corrected chi connectivity index (χ4v) is 4.43. The van der Waals surface area contributed by atoms with E-state index in [-0.39, 0.29) is 31.0 Å². The predicted molar refractivity (Wildman–Crippen MR) is 129 cm³/mol. The summed E-state index contributed by atoms with van der Waals surface area (Å²) in [5.74, 6) is -0.612. The van der Waals surface area contributed by atoms with Crippen molar-refractivity contribution in [3.63, 3.8) is 0 Å². The van der Waals surface area contributed by atoms with Gasteiger partial charge < -0.3 is 25.0 Å². The second-order valence-corrected chi connectivity index (χ2v) is 9.73. The second-order valence-electron chi connectivity index (χ2n) is 9.29. The molecule has 1 saturated heterocycles. The van der Waals surface area contributed by atoms with E-state index in [1.54, 1.807) is 18.2 Å². The lowest BCUT2D eigenvalue weighted by molar-refractivity contribution is -0.139. The van der Waals surface area contributed by atoms with E-state index in [2.05, 4.69) is 19.2 Å². The van der Waals surface area contributed by atoms with Gasteiger partial charge in [-0.2, -0.15) is 0 Å². The lowest BCUT2D eigenvalue weighted by atomic mass is 9.80. The molecule has 2 aromatic rings. The minimum absolute atomic E-state index is 0.0164. The number of hydrogen-bond acceptors (Lipinski definition) is 5. The summed E-state index contributed by atoms with van der Waals surface area (Å²) >= 11 is 6.08. The van der Waals surface area contributed by atoms with E-state index in [0.29, 0.717) is 23.6 Å². The fourth-order valence-electron chi connectivity index (χ4n) is 4.30. The number of rotatable bonds is 9. The summed E-state index contributed by atoms with van der Waals surface area (Å²) in [5, 5.41) is 22.0. The van der Waals surface area contributed by atoms with Gasteiger partial charge in [0.25, 0.3) is 0 Å². The van der Waals surface area contributed by atoms with Crippen LogP contribution < -0.4 is 10.1 Å². The van der Waals surface area contributed by atoms with Gasteiger partial charge in [-0.3, -0.25) is 4.79 Å². The zero-order chi connectivity index (χ0) is 24.9. The first kappa shape index (κ1) is 26.0. The number of benzene rings is 2. The van der Waals surface area contributed by atoms with Crippen molar-refractivity contribution in [2.45, 2.75) is 63.7 Å². The maximum Gasteiger partial charge on any atom is 0.341 e. The number of carboxylic acid groups (broad SMARTS) is 1. The van der Waals surface area contributed by atoms with Crippen molar-refractivity contribution in [3.8, 4) is 5.75 Å². The summed E-state index contributed by atoms with van der Waals surface area (Å²) < 4.78 is 12.2. The Morgan fingerprint density at radius 1 is 1.18 bits per heavy atom. The normalized spacial score (nSPS) is 22.4. The van der Waals surface area contributed by atoms with Crippen molar-refractivity contribution >= 4 is 23.5 Å². The summed E-state index contributed by atoms with van der Waals surface area (Å²) in [5.41, 5.74) is 2.11. The Morgan fingerprint density at radius 2 is 1.85 bits per heavy atom. The standard InChI is InChI=1S/C26H32ClNO6/c1-16(2)18-6-9-21(33-15-25(31)32)20(12-18)23-14-26(3,28-24(30)10-11-29)13-22(34-23)17-4-7-19(27)8-5-17/h4-9,12,16,22-23,29H,10-11,13-15H2,1-3H3,(H,28,30)(H,31,32)/t22-,23+,26+/m0/s1. The Bertz CT molecular complexity index is 1010. The van der Waals surface area contributed by atoms with Crippen LogP contribution in [0.3, 0.4) is 0 Å². The third-order valence-electron chi connectivity index (χ3n) is 6.02. The van der Waals surface area contributed by atoms with Crippen LogP contribution in [0.4, 0.5) is 0 Å². The van der Waals surface area contributed by atoms with Gasteiger partial charge in [0.1, 0.15) is 5.75 Å². The van der Waals surface area contributed by atoms with Crippen LogP contribution in [0.15, 0.2) is 42.5 Å². The third kappa shape index (κ3) is 6.72. The number of hydrogen-bond donors (Lipinski definition) is 3. The molecule has 0 bridgehead atoms. The molecule has 0 aliphatic carbocycles. The molecule has 184 valence electrons.